The number of nitro groups is 1. The zero-order chi connectivity index (χ0) is 19.2. The van der Waals surface area contributed by atoms with Gasteiger partial charge in [-0.15, -0.1) is 0 Å². The van der Waals surface area contributed by atoms with Crippen LogP contribution < -0.4 is 10.6 Å². The van der Waals surface area contributed by atoms with Crippen molar-refractivity contribution in [2.24, 2.45) is 0 Å². The number of anilines is 1. The van der Waals surface area contributed by atoms with E-state index in [0.717, 1.165) is 11.1 Å². The van der Waals surface area contributed by atoms with E-state index in [1.165, 1.54) is 18.2 Å². The molecule has 0 fully saturated rings. The summed E-state index contributed by atoms with van der Waals surface area (Å²) in [5.41, 5.74) is 2.39. The molecule has 3 aromatic carbocycles. The lowest BCUT2D eigenvalue weighted by atomic mass is 9.99. The van der Waals surface area contributed by atoms with Crippen LogP contribution in [0, 0.1) is 10.1 Å². The highest BCUT2D eigenvalue weighted by atomic mass is 35.5. The first-order valence-electron chi connectivity index (χ1n) is 8.16. The minimum Gasteiger partial charge on any atom is -0.352 e. The van der Waals surface area contributed by atoms with Crippen molar-refractivity contribution in [2.45, 2.75) is 6.04 Å². The lowest BCUT2D eigenvalue weighted by molar-refractivity contribution is -0.384. The standard InChI is InChI=1S/C20H16ClN3O2S/c21-17-12-11-16(24(25)26)13-18(17)22-20(27)23-19(14-7-3-1-4-8-14)15-9-5-2-6-10-15/h1-13,19H,(H2,22,23,27). The number of thiocarbonyl (C=S) groups is 1. The summed E-state index contributed by atoms with van der Waals surface area (Å²) in [6.45, 7) is 0. The number of hydrogen-bond donors (Lipinski definition) is 2. The maximum Gasteiger partial charge on any atom is 0.271 e. The Balaban J connectivity index is 1.84. The van der Waals surface area contributed by atoms with Gasteiger partial charge in [-0.25, -0.2) is 0 Å². The highest BCUT2D eigenvalue weighted by Gasteiger charge is 2.16. The van der Waals surface area contributed by atoms with Gasteiger partial charge in [0.1, 0.15) is 0 Å². The molecule has 0 bridgehead atoms. The summed E-state index contributed by atoms with van der Waals surface area (Å²) in [5, 5.41) is 17.9. The fraction of sp³-hybridized carbons (Fsp3) is 0.0500. The highest BCUT2D eigenvalue weighted by molar-refractivity contribution is 7.80. The molecule has 0 heterocycles. The second kappa shape index (κ2) is 8.62. The normalized spacial score (nSPS) is 10.4. The van der Waals surface area contributed by atoms with Crippen molar-refractivity contribution in [1.82, 2.24) is 5.32 Å². The molecule has 0 spiro atoms. The Hall–Kier alpha value is -2.96. The first-order valence-corrected chi connectivity index (χ1v) is 8.94. The number of nitrogens with zero attached hydrogens (tertiary/aromatic N) is 1. The van der Waals surface area contributed by atoms with Crippen LogP contribution in [-0.2, 0) is 0 Å². The molecule has 2 N–H and O–H groups in total. The van der Waals surface area contributed by atoms with E-state index in [-0.39, 0.29) is 11.7 Å². The number of benzene rings is 3. The second-order valence-corrected chi connectivity index (χ2v) is 6.59. The van der Waals surface area contributed by atoms with E-state index in [1.807, 2.05) is 60.7 Å². The predicted molar refractivity (Wildman–Crippen MR) is 112 cm³/mol. The Morgan fingerprint density at radius 1 is 0.963 bits per heavy atom. The average Bonchev–Trinajstić information content (AvgIpc) is 2.69. The lowest BCUT2D eigenvalue weighted by Crippen LogP contribution is -2.33. The fourth-order valence-corrected chi connectivity index (χ4v) is 3.05. The summed E-state index contributed by atoms with van der Waals surface area (Å²) in [6, 6.07) is 23.8. The van der Waals surface area contributed by atoms with Gasteiger partial charge in [-0.3, -0.25) is 10.1 Å². The van der Waals surface area contributed by atoms with Crippen LogP contribution in [0.25, 0.3) is 0 Å². The SMILES string of the molecule is O=[N+]([O-])c1ccc(Cl)c(NC(=S)NC(c2ccccc2)c2ccccc2)c1. The first kappa shape index (κ1) is 18.8. The first-order chi connectivity index (χ1) is 13.0. The van der Waals surface area contributed by atoms with E-state index in [1.54, 1.807) is 0 Å². The van der Waals surface area contributed by atoms with E-state index >= 15 is 0 Å². The van der Waals surface area contributed by atoms with E-state index in [2.05, 4.69) is 10.6 Å². The van der Waals surface area contributed by atoms with Crippen LogP contribution in [0.1, 0.15) is 17.2 Å². The zero-order valence-electron chi connectivity index (χ0n) is 14.1. The van der Waals surface area contributed by atoms with Crippen molar-refractivity contribution in [2.75, 3.05) is 5.32 Å². The van der Waals surface area contributed by atoms with Crippen molar-refractivity contribution in [1.29, 1.82) is 0 Å². The van der Waals surface area contributed by atoms with Crippen LogP contribution in [0.3, 0.4) is 0 Å². The molecular formula is C20H16ClN3O2S. The van der Waals surface area contributed by atoms with Crippen LogP contribution in [0.15, 0.2) is 78.9 Å². The Bertz CT molecular complexity index is 912. The molecule has 0 unspecified atom stereocenters. The molecule has 0 atom stereocenters. The molecule has 0 amide bonds. The largest absolute Gasteiger partial charge is 0.352 e. The zero-order valence-corrected chi connectivity index (χ0v) is 15.7. The summed E-state index contributed by atoms with van der Waals surface area (Å²) in [5.74, 6) is 0. The molecule has 0 aliphatic carbocycles. The van der Waals surface area contributed by atoms with Crippen LogP contribution in [-0.4, -0.2) is 10.0 Å². The van der Waals surface area contributed by atoms with Crippen LogP contribution in [0.4, 0.5) is 11.4 Å². The molecule has 3 rings (SSSR count). The summed E-state index contributed by atoms with van der Waals surface area (Å²) < 4.78 is 0. The summed E-state index contributed by atoms with van der Waals surface area (Å²) in [6.07, 6.45) is 0. The minimum absolute atomic E-state index is 0.0626. The van der Waals surface area contributed by atoms with Crippen LogP contribution in [0.2, 0.25) is 5.02 Å². The van der Waals surface area contributed by atoms with Gasteiger partial charge in [0.25, 0.3) is 5.69 Å². The molecule has 0 aliphatic heterocycles. The quantitative estimate of drug-likeness (QED) is 0.346. The molecule has 0 aliphatic rings. The van der Waals surface area contributed by atoms with Gasteiger partial charge in [0, 0.05) is 12.1 Å². The van der Waals surface area contributed by atoms with Gasteiger partial charge in [0.2, 0.25) is 0 Å². The molecule has 7 heteroatoms. The lowest BCUT2D eigenvalue weighted by Gasteiger charge is -2.22. The molecule has 5 nitrogen and oxygen atoms in total. The Kier molecular flexibility index (Phi) is 6.01. The maximum absolute atomic E-state index is 11.0. The van der Waals surface area contributed by atoms with Gasteiger partial charge in [0.15, 0.2) is 5.11 Å². The summed E-state index contributed by atoms with van der Waals surface area (Å²) >= 11 is 11.6. The number of rotatable bonds is 5. The van der Waals surface area contributed by atoms with Crippen molar-refractivity contribution < 1.29 is 4.92 Å². The van der Waals surface area contributed by atoms with E-state index in [0.29, 0.717) is 15.8 Å². The third-order valence-corrected chi connectivity index (χ3v) is 4.50. The van der Waals surface area contributed by atoms with Gasteiger partial charge in [-0.1, -0.05) is 72.3 Å². The van der Waals surface area contributed by atoms with Gasteiger partial charge in [-0.05, 0) is 29.4 Å². The smallest absolute Gasteiger partial charge is 0.271 e. The van der Waals surface area contributed by atoms with Gasteiger partial charge < -0.3 is 10.6 Å². The summed E-state index contributed by atoms with van der Waals surface area (Å²) in [4.78, 5) is 10.5. The molecular weight excluding hydrogens is 382 g/mol. The van der Waals surface area contributed by atoms with Crippen molar-refractivity contribution in [3.05, 3.63) is 105 Å². The van der Waals surface area contributed by atoms with Gasteiger partial charge >= 0.3 is 0 Å². The number of halogens is 1. The molecule has 0 radical (unpaired) electrons. The van der Waals surface area contributed by atoms with Gasteiger partial charge in [0.05, 0.1) is 21.7 Å². The third-order valence-electron chi connectivity index (χ3n) is 3.95. The Labute approximate surface area is 167 Å². The van der Waals surface area contributed by atoms with E-state index in [9.17, 15) is 10.1 Å². The third kappa shape index (κ3) is 4.81. The van der Waals surface area contributed by atoms with Crippen molar-refractivity contribution >= 4 is 40.3 Å². The van der Waals surface area contributed by atoms with Crippen LogP contribution in [0.5, 0.6) is 0 Å². The van der Waals surface area contributed by atoms with Crippen molar-refractivity contribution in [3.63, 3.8) is 0 Å². The number of nitrogens with one attached hydrogen (secondary N) is 2. The maximum atomic E-state index is 11.0. The highest BCUT2D eigenvalue weighted by Crippen LogP contribution is 2.27. The van der Waals surface area contributed by atoms with Crippen LogP contribution >= 0.6 is 23.8 Å². The Morgan fingerprint density at radius 3 is 2.04 bits per heavy atom. The molecule has 136 valence electrons. The Morgan fingerprint density at radius 2 is 1.52 bits per heavy atom. The minimum atomic E-state index is -0.477. The van der Waals surface area contributed by atoms with E-state index < -0.39 is 4.92 Å². The average molecular weight is 398 g/mol. The molecule has 0 saturated heterocycles. The molecule has 27 heavy (non-hydrogen) atoms. The molecule has 0 aromatic heterocycles. The second-order valence-electron chi connectivity index (χ2n) is 5.77. The number of hydrogen-bond acceptors (Lipinski definition) is 3. The monoisotopic (exact) mass is 397 g/mol. The molecule has 0 saturated carbocycles. The van der Waals surface area contributed by atoms with Crippen molar-refractivity contribution in [3.8, 4) is 0 Å². The van der Waals surface area contributed by atoms with Gasteiger partial charge in [-0.2, -0.15) is 0 Å². The number of nitro benzene ring substituents is 1. The number of non-ortho nitro benzene ring substituents is 1. The topological polar surface area (TPSA) is 67.2 Å². The summed E-state index contributed by atoms with van der Waals surface area (Å²) in [7, 11) is 0. The van der Waals surface area contributed by atoms with E-state index in [4.69, 9.17) is 23.8 Å². The fourth-order valence-electron chi connectivity index (χ4n) is 2.66. The predicted octanol–water partition coefficient (Wildman–Crippen LogP) is 5.32. The molecule has 3 aromatic rings.